The first-order chi connectivity index (χ1) is 8.59. The zero-order chi connectivity index (χ0) is 13.1. The lowest BCUT2D eigenvalue weighted by Crippen LogP contribution is -2.38. The van der Waals surface area contributed by atoms with Crippen LogP contribution in [0.15, 0.2) is 18.2 Å². The lowest BCUT2D eigenvalue weighted by atomic mass is 10.1. The van der Waals surface area contributed by atoms with E-state index in [1.165, 1.54) is 5.56 Å². The van der Waals surface area contributed by atoms with Gasteiger partial charge in [-0.25, -0.2) is 0 Å². The standard InChI is InChI=1S/C15H21NO2/c1-11-7-6-8-14(12(11)2)18-13(3)15(17)16-9-4-5-10-16/h6-8,13H,4-5,9-10H2,1-3H3/t13-/m1/s1. The molecule has 18 heavy (non-hydrogen) atoms. The monoisotopic (exact) mass is 247 g/mol. The topological polar surface area (TPSA) is 29.5 Å². The van der Waals surface area contributed by atoms with Crippen molar-refractivity contribution in [1.82, 2.24) is 4.90 Å². The van der Waals surface area contributed by atoms with Gasteiger partial charge in [-0.2, -0.15) is 0 Å². The highest BCUT2D eigenvalue weighted by Gasteiger charge is 2.24. The number of nitrogens with zero attached hydrogens (tertiary/aromatic N) is 1. The van der Waals surface area contributed by atoms with Crippen molar-refractivity contribution >= 4 is 5.91 Å². The van der Waals surface area contributed by atoms with Gasteiger partial charge in [0.25, 0.3) is 5.91 Å². The van der Waals surface area contributed by atoms with Gasteiger partial charge in [-0.3, -0.25) is 4.79 Å². The summed E-state index contributed by atoms with van der Waals surface area (Å²) in [6.45, 7) is 7.66. The maximum absolute atomic E-state index is 12.1. The lowest BCUT2D eigenvalue weighted by Gasteiger charge is -2.22. The number of ether oxygens (including phenoxy) is 1. The molecule has 0 saturated carbocycles. The molecule has 0 unspecified atom stereocenters. The van der Waals surface area contributed by atoms with Gasteiger partial charge >= 0.3 is 0 Å². The maximum Gasteiger partial charge on any atom is 0.263 e. The Kier molecular flexibility index (Phi) is 3.90. The second-order valence-electron chi connectivity index (χ2n) is 4.99. The van der Waals surface area contributed by atoms with E-state index >= 15 is 0 Å². The molecule has 98 valence electrons. The third-order valence-corrected chi connectivity index (χ3v) is 3.62. The number of carbonyl (C=O) groups is 1. The average molecular weight is 247 g/mol. The third kappa shape index (κ3) is 2.66. The zero-order valence-corrected chi connectivity index (χ0v) is 11.4. The molecule has 0 bridgehead atoms. The summed E-state index contributed by atoms with van der Waals surface area (Å²) in [6, 6.07) is 5.94. The van der Waals surface area contributed by atoms with E-state index in [1.54, 1.807) is 0 Å². The van der Waals surface area contributed by atoms with E-state index in [2.05, 4.69) is 13.0 Å². The number of hydrogen-bond donors (Lipinski definition) is 0. The van der Waals surface area contributed by atoms with Crippen LogP contribution in [-0.2, 0) is 4.79 Å². The van der Waals surface area contributed by atoms with Crippen LogP contribution in [0.1, 0.15) is 30.9 Å². The molecule has 1 fully saturated rings. The van der Waals surface area contributed by atoms with Crippen molar-refractivity contribution < 1.29 is 9.53 Å². The Morgan fingerprint density at radius 3 is 2.61 bits per heavy atom. The summed E-state index contributed by atoms with van der Waals surface area (Å²) in [5.41, 5.74) is 2.30. The Morgan fingerprint density at radius 1 is 1.28 bits per heavy atom. The summed E-state index contributed by atoms with van der Waals surface area (Å²) in [5, 5.41) is 0. The largest absolute Gasteiger partial charge is 0.481 e. The van der Waals surface area contributed by atoms with Crippen LogP contribution in [0.3, 0.4) is 0 Å². The normalized spacial score (nSPS) is 16.7. The fourth-order valence-corrected chi connectivity index (χ4v) is 2.29. The first-order valence-electron chi connectivity index (χ1n) is 6.61. The zero-order valence-electron chi connectivity index (χ0n) is 11.4. The number of carbonyl (C=O) groups excluding carboxylic acids is 1. The maximum atomic E-state index is 12.1. The van der Waals surface area contributed by atoms with Gasteiger partial charge in [-0.1, -0.05) is 12.1 Å². The van der Waals surface area contributed by atoms with Gasteiger partial charge in [0.05, 0.1) is 0 Å². The van der Waals surface area contributed by atoms with E-state index in [0.29, 0.717) is 0 Å². The highest BCUT2D eigenvalue weighted by Crippen LogP contribution is 2.22. The smallest absolute Gasteiger partial charge is 0.263 e. The number of rotatable bonds is 3. The molecule has 1 amide bonds. The summed E-state index contributed by atoms with van der Waals surface area (Å²) in [7, 11) is 0. The lowest BCUT2D eigenvalue weighted by molar-refractivity contribution is -0.136. The first-order valence-corrected chi connectivity index (χ1v) is 6.61. The minimum atomic E-state index is -0.399. The molecular formula is C15H21NO2. The number of benzene rings is 1. The second kappa shape index (κ2) is 5.42. The summed E-state index contributed by atoms with van der Waals surface area (Å²) < 4.78 is 5.81. The Bertz CT molecular complexity index is 436. The molecule has 0 radical (unpaired) electrons. The molecular weight excluding hydrogens is 226 g/mol. The number of hydrogen-bond acceptors (Lipinski definition) is 2. The van der Waals surface area contributed by atoms with Gasteiger partial charge < -0.3 is 9.64 Å². The molecule has 1 atom stereocenters. The molecule has 1 saturated heterocycles. The van der Waals surface area contributed by atoms with Crippen molar-refractivity contribution in [2.45, 2.75) is 39.7 Å². The fourth-order valence-electron chi connectivity index (χ4n) is 2.29. The van der Waals surface area contributed by atoms with Gasteiger partial charge in [-0.05, 0) is 50.8 Å². The predicted octanol–water partition coefficient (Wildman–Crippen LogP) is 2.69. The van der Waals surface area contributed by atoms with E-state index in [4.69, 9.17) is 4.74 Å². The quantitative estimate of drug-likeness (QED) is 0.822. The predicted molar refractivity (Wildman–Crippen MR) is 71.8 cm³/mol. The van der Waals surface area contributed by atoms with E-state index in [0.717, 1.165) is 37.2 Å². The second-order valence-corrected chi connectivity index (χ2v) is 4.99. The van der Waals surface area contributed by atoms with Crippen molar-refractivity contribution in [2.24, 2.45) is 0 Å². The van der Waals surface area contributed by atoms with Gasteiger partial charge in [0.15, 0.2) is 6.10 Å². The Morgan fingerprint density at radius 2 is 1.94 bits per heavy atom. The number of amides is 1. The van der Waals surface area contributed by atoms with Crippen LogP contribution >= 0.6 is 0 Å². The average Bonchev–Trinajstić information content (AvgIpc) is 2.87. The molecule has 0 spiro atoms. The number of aryl methyl sites for hydroxylation is 1. The van der Waals surface area contributed by atoms with Crippen molar-refractivity contribution in [1.29, 1.82) is 0 Å². The summed E-state index contributed by atoms with van der Waals surface area (Å²) >= 11 is 0. The Balaban J connectivity index is 2.04. The van der Waals surface area contributed by atoms with Gasteiger partial charge in [-0.15, -0.1) is 0 Å². The molecule has 0 aliphatic carbocycles. The van der Waals surface area contributed by atoms with E-state index < -0.39 is 6.10 Å². The Labute approximate surface area is 109 Å². The van der Waals surface area contributed by atoms with Crippen LogP contribution in [0.25, 0.3) is 0 Å². The molecule has 0 N–H and O–H groups in total. The molecule has 1 heterocycles. The molecule has 1 aromatic rings. The summed E-state index contributed by atoms with van der Waals surface area (Å²) in [4.78, 5) is 14.0. The van der Waals surface area contributed by atoms with Gasteiger partial charge in [0.1, 0.15) is 5.75 Å². The third-order valence-electron chi connectivity index (χ3n) is 3.62. The van der Waals surface area contributed by atoms with Crippen LogP contribution in [0.2, 0.25) is 0 Å². The molecule has 3 nitrogen and oxygen atoms in total. The van der Waals surface area contributed by atoms with Crippen LogP contribution < -0.4 is 4.74 Å². The van der Waals surface area contributed by atoms with Crippen LogP contribution in [-0.4, -0.2) is 30.0 Å². The van der Waals surface area contributed by atoms with E-state index in [1.807, 2.05) is 30.9 Å². The number of likely N-dealkylation sites (tertiary alicyclic amines) is 1. The van der Waals surface area contributed by atoms with Crippen molar-refractivity contribution in [2.75, 3.05) is 13.1 Å². The molecule has 0 aromatic heterocycles. The van der Waals surface area contributed by atoms with Gasteiger partial charge in [0, 0.05) is 13.1 Å². The summed E-state index contributed by atoms with van der Waals surface area (Å²) in [6.07, 6.45) is 1.83. The van der Waals surface area contributed by atoms with Crippen LogP contribution in [0.5, 0.6) is 5.75 Å². The van der Waals surface area contributed by atoms with Crippen molar-refractivity contribution in [3.8, 4) is 5.75 Å². The van der Waals surface area contributed by atoms with Crippen LogP contribution in [0, 0.1) is 13.8 Å². The van der Waals surface area contributed by atoms with E-state index in [9.17, 15) is 4.79 Å². The van der Waals surface area contributed by atoms with Crippen molar-refractivity contribution in [3.63, 3.8) is 0 Å². The molecule has 1 aromatic carbocycles. The minimum absolute atomic E-state index is 0.105. The van der Waals surface area contributed by atoms with E-state index in [-0.39, 0.29) is 5.91 Å². The molecule has 3 heteroatoms. The minimum Gasteiger partial charge on any atom is -0.481 e. The highest BCUT2D eigenvalue weighted by molar-refractivity contribution is 5.81. The van der Waals surface area contributed by atoms with Gasteiger partial charge in [0.2, 0.25) is 0 Å². The van der Waals surface area contributed by atoms with Crippen LogP contribution in [0.4, 0.5) is 0 Å². The Hall–Kier alpha value is -1.51. The molecule has 1 aliphatic rings. The fraction of sp³-hybridized carbons (Fsp3) is 0.533. The van der Waals surface area contributed by atoms with Crippen molar-refractivity contribution in [3.05, 3.63) is 29.3 Å². The highest BCUT2D eigenvalue weighted by atomic mass is 16.5. The first kappa shape index (κ1) is 12.9. The molecule has 1 aliphatic heterocycles. The molecule has 2 rings (SSSR count). The summed E-state index contributed by atoms with van der Waals surface area (Å²) in [5.74, 6) is 0.920. The SMILES string of the molecule is Cc1cccc(O[C@H](C)C(=O)N2CCCC2)c1C.